The van der Waals surface area contributed by atoms with Crippen LogP contribution < -0.4 is 5.32 Å². The van der Waals surface area contributed by atoms with Crippen molar-refractivity contribution in [3.8, 4) is 0 Å². The molecule has 3 heteroatoms. The summed E-state index contributed by atoms with van der Waals surface area (Å²) in [5, 5.41) is 5.45. The van der Waals surface area contributed by atoms with Gasteiger partial charge in [-0.05, 0) is 25.7 Å². The van der Waals surface area contributed by atoms with E-state index in [9.17, 15) is 0 Å². The molecule has 0 saturated heterocycles. The first kappa shape index (κ1) is 11.3. The highest BCUT2D eigenvalue weighted by atomic mass is 32.2. The van der Waals surface area contributed by atoms with Gasteiger partial charge in [0.2, 0.25) is 0 Å². The van der Waals surface area contributed by atoms with E-state index in [-0.39, 0.29) is 0 Å². The Morgan fingerprint density at radius 3 is 2.67 bits per heavy atom. The van der Waals surface area contributed by atoms with Gasteiger partial charge in [0, 0.05) is 11.3 Å². The molecule has 2 nitrogen and oxygen atoms in total. The highest BCUT2D eigenvalue weighted by Gasteiger charge is 2.23. The first-order valence-electron chi connectivity index (χ1n) is 6.23. The predicted octanol–water partition coefficient (Wildman–Crippen LogP) is 3.04. The van der Waals surface area contributed by atoms with Crippen LogP contribution in [0.1, 0.15) is 46.0 Å². The first-order chi connectivity index (χ1) is 7.25. The van der Waals surface area contributed by atoms with Crippen LogP contribution in [0.25, 0.3) is 0 Å². The molecule has 0 aromatic heterocycles. The number of nitrogens with zero attached hydrogens (tertiary/aromatic N) is 1. The second kappa shape index (κ2) is 5.24. The van der Waals surface area contributed by atoms with Gasteiger partial charge < -0.3 is 5.32 Å². The third kappa shape index (κ3) is 3.13. The molecule has 0 amide bonds. The summed E-state index contributed by atoms with van der Waals surface area (Å²) < 4.78 is 0. The SMILES string of the molecule is CC1CN=C(NC(C)C2CCCCC2)S1. The number of thioether (sulfide) groups is 1. The maximum Gasteiger partial charge on any atom is 0.157 e. The van der Waals surface area contributed by atoms with E-state index in [0.29, 0.717) is 11.3 Å². The fraction of sp³-hybridized carbons (Fsp3) is 0.917. The molecule has 0 spiro atoms. The van der Waals surface area contributed by atoms with Crippen molar-refractivity contribution in [2.24, 2.45) is 10.9 Å². The van der Waals surface area contributed by atoms with Crippen molar-refractivity contribution in [2.45, 2.75) is 57.2 Å². The predicted molar refractivity (Wildman–Crippen MR) is 68.5 cm³/mol. The van der Waals surface area contributed by atoms with Crippen molar-refractivity contribution in [2.75, 3.05) is 6.54 Å². The monoisotopic (exact) mass is 226 g/mol. The molecule has 1 N–H and O–H groups in total. The maximum absolute atomic E-state index is 4.52. The molecule has 1 aliphatic carbocycles. The minimum absolute atomic E-state index is 0.613. The zero-order valence-corrected chi connectivity index (χ0v) is 10.6. The Bertz CT molecular complexity index is 234. The van der Waals surface area contributed by atoms with Crippen LogP contribution in [0.2, 0.25) is 0 Å². The van der Waals surface area contributed by atoms with Crippen LogP contribution in [0.4, 0.5) is 0 Å². The van der Waals surface area contributed by atoms with Crippen LogP contribution in [-0.2, 0) is 0 Å². The molecule has 0 aromatic carbocycles. The largest absolute Gasteiger partial charge is 0.362 e. The van der Waals surface area contributed by atoms with Gasteiger partial charge in [0.15, 0.2) is 5.17 Å². The fourth-order valence-electron chi connectivity index (χ4n) is 2.50. The number of nitrogens with one attached hydrogen (secondary N) is 1. The quantitative estimate of drug-likeness (QED) is 0.782. The maximum atomic E-state index is 4.52. The second-order valence-electron chi connectivity index (χ2n) is 4.91. The molecule has 86 valence electrons. The molecule has 0 bridgehead atoms. The molecular weight excluding hydrogens is 204 g/mol. The third-order valence-corrected chi connectivity index (χ3v) is 4.53. The molecule has 2 aliphatic rings. The van der Waals surface area contributed by atoms with Gasteiger partial charge in [0.05, 0.1) is 6.54 Å². The van der Waals surface area contributed by atoms with Crippen molar-refractivity contribution in [3.63, 3.8) is 0 Å². The molecule has 1 heterocycles. The number of hydrogen-bond donors (Lipinski definition) is 1. The Hall–Kier alpha value is -0.180. The van der Waals surface area contributed by atoms with Crippen molar-refractivity contribution >= 4 is 16.9 Å². The summed E-state index contributed by atoms with van der Waals surface area (Å²) >= 11 is 1.90. The summed E-state index contributed by atoms with van der Waals surface area (Å²) in [7, 11) is 0. The molecule has 0 radical (unpaired) electrons. The molecule has 2 rings (SSSR count). The van der Waals surface area contributed by atoms with E-state index in [1.165, 1.54) is 37.3 Å². The summed E-state index contributed by atoms with van der Waals surface area (Å²) in [6.07, 6.45) is 7.10. The second-order valence-corrected chi connectivity index (χ2v) is 6.33. The van der Waals surface area contributed by atoms with E-state index in [1.54, 1.807) is 0 Å². The molecule has 1 saturated carbocycles. The van der Waals surface area contributed by atoms with E-state index >= 15 is 0 Å². The van der Waals surface area contributed by atoms with Crippen molar-refractivity contribution in [3.05, 3.63) is 0 Å². The topological polar surface area (TPSA) is 24.4 Å². The zero-order chi connectivity index (χ0) is 10.7. The number of rotatable bonds is 2. The Kier molecular flexibility index (Phi) is 3.95. The molecule has 15 heavy (non-hydrogen) atoms. The number of amidine groups is 1. The lowest BCUT2D eigenvalue weighted by molar-refractivity contribution is 0.302. The summed E-state index contributed by atoms with van der Waals surface area (Å²) in [6.45, 7) is 5.56. The minimum atomic E-state index is 0.613. The first-order valence-corrected chi connectivity index (χ1v) is 7.11. The highest BCUT2D eigenvalue weighted by molar-refractivity contribution is 8.14. The number of hydrogen-bond acceptors (Lipinski definition) is 3. The summed E-state index contributed by atoms with van der Waals surface area (Å²) in [5.74, 6) is 0.873. The average Bonchev–Trinajstić information content (AvgIpc) is 2.65. The van der Waals surface area contributed by atoms with Gasteiger partial charge in [-0.2, -0.15) is 0 Å². The molecule has 2 atom stereocenters. The molecule has 2 unspecified atom stereocenters. The standard InChI is InChI=1S/C12H22N2S/c1-9-8-13-12(15-9)14-10(2)11-6-4-3-5-7-11/h9-11H,3-8H2,1-2H3,(H,13,14). The summed E-state index contributed by atoms with van der Waals surface area (Å²) in [4.78, 5) is 4.52. The molecular formula is C12H22N2S. The van der Waals surface area contributed by atoms with E-state index in [4.69, 9.17) is 0 Å². The van der Waals surface area contributed by atoms with Crippen LogP contribution in [0.5, 0.6) is 0 Å². The van der Waals surface area contributed by atoms with Crippen LogP contribution in [0.3, 0.4) is 0 Å². The van der Waals surface area contributed by atoms with Gasteiger partial charge in [-0.1, -0.05) is 37.9 Å². The highest BCUT2D eigenvalue weighted by Crippen LogP contribution is 2.27. The third-order valence-electron chi connectivity index (χ3n) is 3.51. The van der Waals surface area contributed by atoms with E-state index in [0.717, 1.165) is 12.5 Å². The zero-order valence-electron chi connectivity index (χ0n) is 9.83. The van der Waals surface area contributed by atoms with E-state index in [1.807, 2.05) is 11.8 Å². The summed E-state index contributed by atoms with van der Waals surface area (Å²) in [6, 6.07) is 0.613. The summed E-state index contributed by atoms with van der Waals surface area (Å²) in [5.41, 5.74) is 0. The van der Waals surface area contributed by atoms with Gasteiger partial charge >= 0.3 is 0 Å². The van der Waals surface area contributed by atoms with Gasteiger partial charge in [-0.3, -0.25) is 4.99 Å². The average molecular weight is 226 g/mol. The Balaban J connectivity index is 1.78. The lowest BCUT2D eigenvalue weighted by atomic mass is 9.85. The van der Waals surface area contributed by atoms with E-state index in [2.05, 4.69) is 24.2 Å². The van der Waals surface area contributed by atoms with Gasteiger partial charge in [-0.25, -0.2) is 0 Å². The fourth-order valence-corrected chi connectivity index (χ4v) is 3.44. The van der Waals surface area contributed by atoms with Crippen LogP contribution in [0, 0.1) is 5.92 Å². The van der Waals surface area contributed by atoms with Crippen LogP contribution in [-0.4, -0.2) is 23.0 Å². The van der Waals surface area contributed by atoms with Crippen molar-refractivity contribution in [1.82, 2.24) is 5.32 Å². The lowest BCUT2D eigenvalue weighted by Gasteiger charge is -2.28. The lowest BCUT2D eigenvalue weighted by Crippen LogP contribution is -2.37. The Labute approximate surface area is 97.3 Å². The molecule has 0 aromatic rings. The minimum Gasteiger partial charge on any atom is -0.362 e. The van der Waals surface area contributed by atoms with Crippen LogP contribution >= 0.6 is 11.8 Å². The van der Waals surface area contributed by atoms with Gasteiger partial charge in [0.25, 0.3) is 0 Å². The smallest absolute Gasteiger partial charge is 0.157 e. The number of aliphatic imine (C=N–C) groups is 1. The van der Waals surface area contributed by atoms with Gasteiger partial charge in [0.1, 0.15) is 0 Å². The molecule has 1 aliphatic heterocycles. The van der Waals surface area contributed by atoms with Crippen molar-refractivity contribution in [1.29, 1.82) is 0 Å². The Morgan fingerprint density at radius 1 is 1.33 bits per heavy atom. The normalized spacial score (nSPS) is 30.0. The van der Waals surface area contributed by atoms with Gasteiger partial charge in [-0.15, -0.1) is 0 Å². The van der Waals surface area contributed by atoms with Crippen molar-refractivity contribution < 1.29 is 0 Å². The van der Waals surface area contributed by atoms with E-state index < -0.39 is 0 Å². The Morgan fingerprint density at radius 2 is 2.07 bits per heavy atom. The molecule has 1 fully saturated rings. The van der Waals surface area contributed by atoms with Crippen LogP contribution in [0.15, 0.2) is 4.99 Å².